The number of methoxy groups -OCH3 is 1. The minimum Gasteiger partial charge on any atom is -0.508 e. The Morgan fingerprint density at radius 3 is 2.24 bits per heavy atom. The number of phenols is 3. The van der Waals surface area contributed by atoms with Gasteiger partial charge in [0.2, 0.25) is 0 Å². The van der Waals surface area contributed by atoms with Crippen molar-refractivity contribution >= 4 is 5.78 Å². The van der Waals surface area contributed by atoms with Crippen LogP contribution in [0.5, 0.6) is 23.0 Å². The first-order valence-electron chi connectivity index (χ1n) is 9.39. The Hall–Kier alpha value is -3.47. The predicted octanol–water partition coefficient (Wildman–Crippen LogP) is 4.53. The molecule has 0 radical (unpaired) electrons. The Morgan fingerprint density at radius 1 is 0.931 bits per heavy atom. The summed E-state index contributed by atoms with van der Waals surface area (Å²) in [7, 11) is 1.39. The van der Waals surface area contributed by atoms with Crippen LogP contribution >= 0.6 is 0 Å². The molecule has 0 unspecified atom stereocenters. The maximum absolute atomic E-state index is 13.0. The van der Waals surface area contributed by atoms with Crippen LogP contribution in [0, 0.1) is 6.92 Å². The maximum Gasteiger partial charge on any atom is 0.170 e. The quantitative estimate of drug-likeness (QED) is 0.515. The average molecular weight is 392 g/mol. The normalized spacial score (nSPS) is 10.7. The molecule has 0 aromatic heterocycles. The Bertz CT molecular complexity index is 1030. The smallest absolute Gasteiger partial charge is 0.170 e. The fourth-order valence-corrected chi connectivity index (χ4v) is 3.42. The summed E-state index contributed by atoms with van der Waals surface area (Å²) in [6, 6.07) is 16.4. The summed E-state index contributed by atoms with van der Waals surface area (Å²) in [5, 5.41) is 31.3. The molecule has 0 aliphatic heterocycles. The molecule has 150 valence electrons. The number of carbonyl (C=O) groups is 1. The second-order valence-electron chi connectivity index (χ2n) is 6.92. The maximum atomic E-state index is 13.0. The van der Waals surface area contributed by atoms with Gasteiger partial charge in [0.1, 0.15) is 28.6 Å². The highest BCUT2D eigenvalue weighted by Crippen LogP contribution is 2.44. The number of ketones is 1. The van der Waals surface area contributed by atoms with Crippen molar-refractivity contribution in [2.75, 3.05) is 7.11 Å². The lowest BCUT2D eigenvalue weighted by atomic mass is 9.92. The Morgan fingerprint density at radius 2 is 1.59 bits per heavy atom. The van der Waals surface area contributed by atoms with Gasteiger partial charge >= 0.3 is 0 Å². The first-order chi connectivity index (χ1) is 13.9. The third-order valence-corrected chi connectivity index (χ3v) is 5.06. The van der Waals surface area contributed by atoms with Crippen LogP contribution in [-0.2, 0) is 12.8 Å². The van der Waals surface area contributed by atoms with Gasteiger partial charge < -0.3 is 20.1 Å². The van der Waals surface area contributed by atoms with Crippen molar-refractivity contribution in [3.05, 3.63) is 82.4 Å². The molecule has 0 amide bonds. The van der Waals surface area contributed by atoms with E-state index >= 15 is 0 Å². The van der Waals surface area contributed by atoms with Crippen molar-refractivity contribution in [1.82, 2.24) is 0 Å². The van der Waals surface area contributed by atoms with E-state index in [0.29, 0.717) is 17.5 Å². The summed E-state index contributed by atoms with van der Waals surface area (Å²) < 4.78 is 5.46. The van der Waals surface area contributed by atoms with E-state index in [-0.39, 0.29) is 52.7 Å². The largest absolute Gasteiger partial charge is 0.508 e. The Labute approximate surface area is 169 Å². The lowest BCUT2D eigenvalue weighted by molar-refractivity contribution is 0.0976. The Kier molecular flexibility index (Phi) is 6.07. The molecule has 0 aliphatic carbocycles. The van der Waals surface area contributed by atoms with Crippen LogP contribution in [0.1, 0.15) is 39.0 Å². The second kappa shape index (κ2) is 8.69. The number of rotatable bonds is 7. The van der Waals surface area contributed by atoms with Crippen LogP contribution in [0.2, 0.25) is 0 Å². The fraction of sp³-hybridized carbons (Fsp3) is 0.208. The summed E-state index contributed by atoms with van der Waals surface area (Å²) in [4.78, 5) is 13.0. The third-order valence-electron chi connectivity index (χ3n) is 5.06. The van der Waals surface area contributed by atoms with Gasteiger partial charge in [0.05, 0.1) is 7.11 Å². The molecular weight excluding hydrogens is 368 g/mol. The van der Waals surface area contributed by atoms with E-state index in [4.69, 9.17) is 4.74 Å². The number of benzene rings is 3. The second-order valence-corrected chi connectivity index (χ2v) is 6.92. The molecule has 0 saturated carbocycles. The number of hydrogen-bond acceptors (Lipinski definition) is 5. The highest BCUT2D eigenvalue weighted by atomic mass is 16.5. The van der Waals surface area contributed by atoms with Gasteiger partial charge in [-0.05, 0) is 30.5 Å². The molecule has 0 atom stereocenters. The van der Waals surface area contributed by atoms with Gasteiger partial charge in [-0.2, -0.15) is 0 Å². The molecule has 5 nitrogen and oxygen atoms in total. The number of para-hydroxylation sites is 1. The number of aryl methyl sites for hydroxylation is 1. The monoisotopic (exact) mass is 392 g/mol. The van der Waals surface area contributed by atoms with Crippen LogP contribution < -0.4 is 4.74 Å². The van der Waals surface area contributed by atoms with Gasteiger partial charge in [-0.3, -0.25) is 4.79 Å². The fourth-order valence-electron chi connectivity index (χ4n) is 3.42. The van der Waals surface area contributed by atoms with Crippen LogP contribution in [0.15, 0.2) is 54.6 Å². The van der Waals surface area contributed by atoms with Crippen molar-refractivity contribution in [3.8, 4) is 23.0 Å². The van der Waals surface area contributed by atoms with Gasteiger partial charge in [-0.25, -0.2) is 0 Å². The van der Waals surface area contributed by atoms with Crippen molar-refractivity contribution in [2.45, 2.75) is 26.2 Å². The number of aromatic hydroxyl groups is 3. The predicted molar refractivity (Wildman–Crippen MR) is 111 cm³/mol. The van der Waals surface area contributed by atoms with Gasteiger partial charge in [-0.1, -0.05) is 48.5 Å². The van der Waals surface area contributed by atoms with Gasteiger partial charge in [0.15, 0.2) is 5.78 Å². The Balaban J connectivity index is 2.01. The first kappa shape index (κ1) is 20.3. The summed E-state index contributed by atoms with van der Waals surface area (Å²) in [6.07, 6.45) is 0.868. The van der Waals surface area contributed by atoms with Gasteiger partial charge in [0, 0.05) is 24.0 Å². The average Bonchev–Trinajstić information content (AvgIpc) is 2.74. The van der Waals surface area contributed by atoms with E-state index in [1.54, 1.807) is 31.2 Å². The van der Waals surface area contributed by atoms with Crippen LogP contribution in [0.4, 0.5) is 0 Å². The number of phenolic OH excluding ortho intramolecular Hbond substituents is 3. The van der Waals surface area contributed by atoms with E-state index in [2.05, 4.69) is 0 Å². The summed E-state index contributed by atoms with van der Waals surface area (Å²) in [5.74, 6) is -0.492. The molecule has 3 rings (SSSR count). The van der Waals surface area contributed by atoms with Crippen molar-refractivity contribution in [3.63, 3.8) is 0 Å². The highest BCUT2D eigenvalue weighted by Gasteiger charge is 2.27. The summed E-state index contributed by atoms with van der Waals surface area (Å²) in [5.41, 5.74) is 2.22. The minimum atomic E-state index is -0.279. The number of ether oxygens (including phenoxy) is 1. The summed E-state index contributed by atoms with van der Waals surface area (Å²) in [6.45, 7) is 1.55. The van der Waals surface area contributed by atoms with Gasteiger partial charge in [-0.15, -0.1) is 0 Å². The van der Waals surface area contributed by atoms with Crippen LogP contribution in [-0.4, -0.2) is 28.2 Å². The van der Waals surface area contributed by atoms with E-state index in [0.717, 1.165) is 5.56 Å². The molecule has 0 aliphatic rings. The first-order valence-corrected chi connectivity index (χ1v) is 9.39. The topological polar surface area (TPSA) is 87.0 Å². The zero-order valence-electron chi connectivity index (χ0n) is 16.5. The summed E-state index contributed by atoms with van der Waals surface area (Å²) >= 11 is 0. The van der Waals surface area contributed by atoms with Crippen molar-refractivity contribution in [2.24, 2.45) is 0 Å². The van der Waals surface area contributed by atoms with Crippen molar-refractivity contribution < 1.29 is 24.9 Å². The number of hydrogen-bond donors (Lipinski definition) is 3. The van der Waals surface area contributed by atoms with E-state index in [1.165, 1.54) is 7.11 Å². The zero-order chi connectivity index (χ0) is 21.0. The molecule has 3 N–H and O–H groups in total. The third kappa shape index (κ3) is 4.19. The molecule has 0 saturated heterocycles. The lowest BCUT2D eigenvalue weighted by Gasteiger charge is -2.19. The van der Waals surface area contributed by atoms with Gasteiger partial charge in [0.25, 0.3) is 0 Å². The van der Waals surface area contributed by atoms with E-state index in [9.17, 15) is 20.1 Å². The zero-order valence-corrected chi connectivity index (χ0v) is 16.5. The number of Topliss-reactive ketones (excluding diaryl/α,β-unsaturated/α-hetero) is 1. The molecule has 29 heavy (non-hydrogen) atoms. The minimum absolute atomic E-state index is 0.0594. The standard InChI is InChI=1S/C24H24O5/c1-15-22(27)18(14-17-10-6-7-11-19(17)25)24(29-2)21(23(15)28)20(26)13-12-16-8-4-3-5-9-16/h3-11,25,27-28H,12-14H2,1-2H3. The SMILES string of the molecule is COc1c(Cc2ccccc2O)c(O)c(C)c(O)c1C(=O)CCc1ccccc1. The highest BCUT2D eigenvalue weighted by molar-refractivity contribution is 6.02. The lowest BCUT2D eigenvalue weighted by Crippen LogP contribution is -2.08. The molecule has 5 heteroatoms. The number of carbonyl (C=O) groups excluding carboxylic acids is 1. The molecule has 3 aromatic carbocycles. The molecule has 0 fully saturated rings. The van der Waals surface area contributed by atoms with Crippen LogP contribution in [0.3, 0.4) is 0 Å². The molecule has 0 spiro atoms. The molecule has 0 bridgehead atoms. The van der Waals surface area contributed by atoms with Crippen molar-refractivity contribution in [1.29, 1.82) is 0 Å². The van der Waals surface area contributed by atoms with Crippen LogP contribution in [0.25, 0.3) is 0 Å². The van der Waals surface area contributed by atoms with E-state index in [1.807, 2.05) is 30.3 Å². The molecular formula is C24H24O5. The molecule has 0 heterocycles. The molecule has 3 aromatic rings. The van der Waals surface area contributed by atoms with E-state index < -0.39 is 0 Å².